The predicted octanol–water partition coefficient (Wildman–Crippen LogP) is 3.92. The fraction of sp³-hybridized carbons (Fsp3) is 0.600. The molecule has 96 valence electrons. The van der Waals surface area contributed by atoms with Crippen LogP contribution >= 0.6 is 0 Å². The summed E-state index contributed by atoms with van der Waals surface area (Å²) in [5.74, 6) is 0.958. The lowest BCUT2D eigenvalue weighted by Gasteiger charge is -2.18. The van der Waals surface area contributed by atoms with Gasteiger partial charge in [-0.1, -0.05) is 32.9 Å². The lowest BCUT2D eigenvalue weighted by Crippen LogP contribution is -2.25. The average molecular weight is 235 g/mol. The van der Waals surface area contributed by atoms with E-state index in [0.29, 0.717) is 12.1 Å². The van der Waals surface area contributed by atoms with Crippen molar-refractivity contribution in [2.24, 2.45) is 0 Å². The van der Waals surface area contributed by atoms with Crippen LogP contribution in [0.1, 0.15) is 52.6 Å². The quantitative estimate of drug-likeness (QED) is 0.807. The van der Waals surface area contributed by atoms with Crippen molar-refractivity contribution >= 4 is 0 Å². The number of benzene rings is 1. The van der Waals surface area contributed by atoms with Gasteiger partial charge in [-0.3, -0.25) is 0 Å². The molecular weight excluding hydrogens is 210 g/mol. The monoisotopic (exact) mass is 235 g/mol. The second kappa shape index (κ2) is 6.65. The molecule has 1 aromatic carbocycles. The average Bonchev–Trinajstić information content (AvgIpc) is 2.28. The Labute approximate surface area is 105 Å². The molecule has 0 bridgehead atoms. The summed E-state index contributed by atoms with van der Waals surface area (Å²) in [7, 11) is 0. The van der Waals surface area contributed by atoms with Gasteiger partial charge in [0.05, 0.1) is 6.10 Å². The van der Waals surface area contributed by atoms with Gasteiger partial charge in [-0.25, -0.2) is 0 Å². The summed E-state index contributed by atoms with van der Waals surface area (Å²) < 4.78 is 5.76. The van der Waals surface area contributed by atoms with Gasteiger partial charge in [-0.15, -0.1) is 0 Å². The molecule has 0 radical (unpaired) electrons. The van der Waals surface area contributed by atoms with Crippen molar-refractivity contribution < 1.29 is 4.74 Å². The summed E-state index contributed by atoms with van der Waals surface area (Å²) >= 11 is 0. The fourth-order valence-electron chi connectivity index (χ4n) is 1.75. The minimum Gasteiger partial charge on any atom is -0.491 e. The molecule has 0 saturated carbocycles. The molecule has 1 rings (SSSR count). The van der Waals surface area contributed by atoms with Crippen LogP contribution in [0.4, 0.5) is 0 Å². The first-order chi connectivity index (χ1) is 8.02. The van der Waals surface area contributed by atoms with Crippen molar-refractivity contribution in [3.63, 3.8) is 0 Å². The molecule has 0 heterocycles. The van der Waals surface area contributed by atoms with Crippen molar-refractivity contribution in [1.29, 1.82) is 0 Å². The Morgan fingerprint density at radius 1 is 1.06 bits per heavy atom. The maximum absolute atomic E-state index is 5.76. The Morgan fingerprint density at radius 2 is 1.65 bits per heavy atom. The molecule has 0 fully saturated rings. The molecule has 0 aromatic heterocycles. The number of ether oxygens (including phenoxy) is 1. The van der Waals surface area contributed by atoms with Gasteiger partial charge in [-0.2, -0.15) is 0 Å². The summed E-state index contributed by atoms with van der Waals surface area (Å²) in [6.07, 6.45) is 1.32. The first-order valence-corrected chi connectivity index (χ1v) is 6.55. The first-order valence-electron chi connectivity index (χ1n) is 6.55. The fourth-order valence-corrected chi connectivity index (χ4v) is 1.75. The van der Waals surface area contributed by atoms with Gasteiger partial charge in [0.2, 0.25) is 0 Å². The molecule has 0 aliphatic rings. The van der Waals surface area contributed by atoms with E-state index in [1.54, 1.807) is 0 Å². The highest BCUT2D eigenvalue weighted by Gasteiger charge is 2.07. The van der Waals surface area contributed by atoms with E-state index < -0.39 is 0 Å². The Balaban J connectivity index is 2.61. The van der Waals surface area contributed by atoms with Crippen molar-refractivity contribution in [3.8, 4) is 5.75 Å². The zero-order valence-electron chi connectivity index (χ0n) is 11.7. The third-order valence-corrected chi connectivity index (χ3v) is 2.88. The predicted molar refractivity (Wildman–Crippen MR) is 73.5 cm³/mol. The number of nitrogens with one attached hydrogen (secondary N) is 1. The van der Waals surface area contributed by atoms with Crippen LogP contribution in [-0.2, 0) is 0 Å². The molecule has 2 atom stereocenters. The molecule has 17 heavy (non-hydrogen) atoms. The molecule has 2 nitrogen and oxygen atoms in total. The third-order valence-electron chi connectivity index (χ3n) is 2.88. The van der Waals surface area contributed by atoms with E-state index in [9.17, 15) is 0 Å². The SMILES string of the molecule is CC[C@@H](C)Oc1ccc([C@H](C)NC(C)C)cc1. The van der Waals surface area contributed by atoms with E-state index in [-0.39, 0.29) is 6.10 Å². The molecule has 1 aromatic rings. The molecule has 1 N–H and O–H groups in total. The van der Waals surface area contributed by atoms with Crippen LogP contribution in [-0.4, -0.2) is 12.1 Å². The Morgan fingerprint density at radius 3 is 2.12 bits per heavy atom. The summed E-state index contributed by atoms with van der Waals surface area (Å²) in [6.45, 7) is 10.7. The number of hydrogen-bond donors (Lipinski definition) is 1. The summed E-state index contributed by atoms with van der Waals surface area (Å²) in [5.41, 5.74) is 1.30. The smallest absolute Gasteiger partial charge is 0.119 e. The molecule has 0 amide bonds. The van der Waals surface area contributed by atoms with Crippen LogP contribution in [0, 0.1) is 0 Å². The van der Waals surface area contributed by atoms with Crippen LogP contribution in [0.2, 0.25) is 0 Å². The lowest BCUT2D eigenvalue weighted by molar-refractivity contribution is 0.217. The maximum Gasteiger partial charge on any atom is 0.119 e. The van der Waals surface area contributed by atoms with Crippen LogP contribution in [0.15, 0.2) is 24.3 Å². The van der Waals surface area contributed by atoms with Crippen LogP contribution in [0.5, 0.6) is 5.75 Å². The standard InChI is InChI=1S/C15H25NO/c1-6-12(4)17-15-9-7-14(8-10-15)13(5)16-11(2)3/h7-13,16H,6H2,1-5H3/t12-,13+/m1/s1. The van der Waals surface area contributed by atoms with Gasteiger partial charge < -0.3 is 10.1 Å². The largest absolute Gasteiger partial charge is 0.491 e. The number of rotatable bonds is 6. The Hall–Kier alpha value is -1.02. The summed E-state index contributed by atoms with van der Waals surface area (Å²) in [4.78, 5) is 0. The second-order valence-electron chi connectivity index (χ2n) is 4.95. The normalized spacial score (nSPS) is 14.7. The molecule has 0 unspecified atom stereocenters. The first kappa shape index (κ1) is 14.0. The van der Waals surface area contributed by atoms with Gasteiger partial charge in [0.15, 0.2) is 0 Å². The molecule has 0 aliphatic carbocycles. The van der Waals surface area contributed by atoms with E-state index in [4.69, 9.17) is 4.74 Å². The van der Waals surface area contributed by atoms with Crippen molar-refractivity contribution in [1.82, 2.24) is 5.32 Å². The van der Waals surface area contributed by atoms with Crippen molar-refractivity contribution in [2.45, 2.75) is 59.2 Å². The summed E-state index contributed by atoms with van der Waals surface area (Å²) in [5, 5.41) is 3.49. The Kier molecular flexibility index (Phi) is 5.49. The van der Waals surface area contributed by atoms with Gasteiger partial charge in [0.1, 0.15) is 5.75 Å². The minimum absolute atomic E-state index is 0.284. The van der Waals surface area contributed by atoms with E-state index in [1.165, 1.54) is 5.56 Å². The van der Waals surface area contributed by atoms with E-state index >= 15 is 0 Å². The maximum atomic E-state index is 5.76. The van der Waals surface area contributed by atoms with Gasteiger partial charge in [0.25, 0.3) is 0 Å². The van der Waals surface area contributed by atoms with Crippen LogP contribution < -0.4 is 10.1 Å². The third kappa shape index (κ3) is 4.78. The second-order valence-corrected chi connectivity index (χ2v) is 4.95. The van der Waals surface area contributed by atoms with Gasteiger partial charge >= 0.3 is 0 Å². The van der Waals surface area contributed by atoms with Crippen LogP contribution in [0.25, 0.3) is 0 Å². The highest BCUT2D eigenvalue weighted by Crippen LogP contribution is 2.19. The van der Waals surface area contributed by atoms with E-state index in [1.807, 2.05) is 0 Å². The van der Waals surface area contributed by atoms with E-state index in [2.05, 4.69) is 64.2 Å². The van der Waals surface area contributed by atoms with Crippen molar-refractivity contribution in [2.75, 3.05) is 0 Å². The Bertz CT molecular complexity index is 318. The molecule has 0 spiro atoms. The molecular formula is C15H25NO. The highest BCUT2D eigenvalue weighted by molar-refractivity contribution is 5.29. The number of hydrogen-bond acceptors (Lipinski definition) is 2. The highest BCUT2D eigenvalue weighted by atomic mass is 16.5. The minimum atomic E-state index is 0.284. The van der Waals surface area contributed by atoms with Crippen molar-refractivity contribution in [3.05, 3.63) is 29.8 Å². The topological polar surface area (TPSA) is 21.3 Å². The van der Waals surface area contributed by atoms with Gasteiger partial charge in [0, 0.05) is 12.1 Å². The lowest BCUT2D eigenvalue weighted by atomic mass is 10.1. The van der Waals surface area contributed by atoms with Crippen LogP contribution in [0.3, 0.4) is 0 Å². The zero-order chi connectivity index (χ0) is 12.8. The van der Waals surface area contributed by atoms with E-state index in [0.717, 1.165) is 12.2 Å². The zero-order valence-corrected chi connectivity index (χ0v) is 11.7. The molecule has 2 heteroatoms. The summed E-state index contributed by atoms with van der Waals surface area (Å²) in [6, 6.07) is 9.27. The van der Waals surface area contributed by atoms with Gasteiger partial charge in [-0.05, 0) is 38.0 Å². The molecule has 0 aliphatic heterocycles. The molecule has 0 saturated heterocycles.